The van der Waals surface area contributed by atoms with Gasteiger partial charge in [-0.25, -0.2) is 0 Å². The molecule has 0 aliphatic rings. The third-order valence-electron chi connectivity index (χ3n) is 2.70. The van der Waals surface area contributed by atoms with Gasteiger partial charge in [0.05, 0.1) is 12.7 Å². The fourth-order valence-corrected chi connectivity index (χ4v) is 1.89. The zero-order chi connectivity index (χ0) is 15.2. The summed E-state index contributed by atoms with van der Waals surface area (Å²) in [5.74, 6) is 1.17. The van der Waals surface area contributed by atoms with Crippen molar-refractivity contribution in [2.24, 2.45) is 0 Å². The first-order valence-electron chi connectivity index (χ1n) is 6.05. The van der Waals surface area contributed by atoms with Crippen molar-refractivity contribution in [3.8, 4) is 11.5 Å². The molecular formula is C15H13KNO3S2+. The molecule has 0 amide bonds. The Morgan fingerprint density at radius 1 is 1.18 bits per heavy atom. The molecule has 0 N–H and O–H groups in total. The molecule has 0 aromatic heterocycles. The van der Waals surface area contributed by atoms with Crippen LogP contribution < -0.4 is 60.9 Å². The minimum absolute atomic E-state index is 0. The van der Waals surface area contributed by atoms with E-state index < -0.39 is 0 Å². The van der Waals surface area contributed by atoms with Crippen molar-refractivity contribution in [3.63, 3.8) is 0 Å². The van der Waals surface area contributed by atoms with Crippen LogP contribution in [0.4, 0.5) is 5.69 Å². The molecule has 0 atom stereocenters. The predicted octanol–water partition coefficient (Wildman–Crippen LogP) is 0.554. The van der Waals surface area contributed by atoms with Gasteiger partial charge in [0, 0.05) is 12.1 Å². The van der Waals surface area contributed by atoms with Crippen molar-refractivity contribution in [3.05, 3.63) is 59.3 Å². The van der Waals surface area contributed by atoms with Crippen LogP contribution in [0.1, 0.15) is 5.56 Å². The third kappa shape index (κ3) is 5.66. The monoisotopic (exact) mass is 358 g/mol. The van der Waals surface area contributed by atoms with E-state index >= 15 is 0 Å². The molecule has 0 saturated carbocycles. The van der Waals surface area contributed by atoms with Gasteiger partial charge < -0.3 is 14.7 Å². The molecule has 0 spiro atoms. The molecule has 0 bridgehead atoms. The van der Waals surface area contributed by atoms with E-state index in [2.05, 4.69) is 12.6 Å². The first kappa shape index (κ1) is 19.6. The number of benzene rings is 2. The van der Waals surface area contributed by atoms with Gasteiger partial charge in [0.15, 0.2) is 6.21 Å². The molecule has 0 fully saturated rings. The molecule has 2 aromatic carbocycles. The maximum Gasteiger partial charge on any atom is 1.00 e. The number of nitrogens with zero attached hydrogens (tertiary/aromatic N) is 1. The number of hydrogen-bond donors (Lipinski definition) is 1. The Hall–Kier alpha value is -0.414. The molecule has 2 aromatic rings. The molecule has 0 heterocycles. The SMILES string of the molecule is COc1ccc(/[N+]([O-])=C/c2ccccc2OC(=S)S)cc1.[K+]. The van der Waals surface area contributed by atoms with Crippen LogP contribution in [0.25, 0.3) is 0 Å². The van der Waals surface area contributed by atoms with E-state index in [0.717, 1.165) is 4.74 Å². The van der Waals surface area contributed by atoms with Gasteiger partial charge in [-0.15, -0.1) is 0 Å². The summed E-state index contributed by atoms with van der Waals surface area (Å²) >= 11 is 8.72. The fourth-order valence-electron chi connectivity index (χ4n) is 1.70. The Kier molecular flexibility index (Phi) is 8.62. The zero-order valence-corrected chi connectivity index (χ0v) is 17.1. The van der Waals surface area contributed by atoms with Crippen LogP contribution in [0.3, 0.4) is 0 Å². The summed E-state index contributed by atoms with van der Waals surface area (Å²) in [6, 6.07) is 13.9. The van der Waals surface area contributed by atoms with E-state index in [0.29, 0.717) is 22.7 Å². The Bertz CT molecular complexity index is 675. The van der Waals surface area contributed by atoms with Crippen molar-refractivity contribution in [2.45, 2.75) is 0 Å². The Labute approximate surface area is 182 Å². The van der Waals surface area contributed by atoms with Gasteiger partial charge in [-0.3, -0.25) is 0 Å². The summed E-state index contributed by atoms with van der Waals surface area (Å²) in [5.41, 5.74) is 1.10. The van der Waals surface area contributed by atoms with E-state index in [1.54, 1.807) is 49.6 Å². The number of thiocarbonyl (C=S) groups is 1. The molecular weight excluding hydrogens is 345 g/mol. The molecule has 0 aliphatic heterocycles. The molecule has 0 aliphatic carbocycles. The molecule has 7 heteroatoms. The van der Waals surface area contributed by atoms with Gasteiger partial charge in [-0.2, -0.15) is 4.74 Å². The first-order valence-corrected chi connectivity index (χ1v) is 6.91. The van der Waals surface area contributed by atoms with E-state index in [-0.39, 0.29) is 55.8 Å². The van der Waals surface area contributed by atoms with Gasteiger partial charge in [0.2, 0.25) is 10.1 Å². The standard InChI is InChI=1S/C15H13NO3S2.K/c1-18-13-8-6-12(7-9-13)16(17)10-11-4-2-3-5-14(11)19-15(20)21;/h2-10H,1H3,(H,20,21);/q;+1/b16-10-;. The van der Waals surface area contributed by atoms with Crippen LogP contribution in [-0.2, 0) is 0 Å². The van der Waals surface area contributed by atoms with Crippen molar-refractivity contribution >= 4 is 41.1 Å². The normalized spacial score (nSPS) is 10.5. The minimum atomic E-state index is 0. The van der Waals surface area contributed by atoms with Crippen molar-refractivity contribution in [1.29, 1.82) is 0 Å². The predicted molar refractivity (Wildman–Crippen MR) is 90.1 cm³/mol. The number of methoxy groups -OCH3 is 1. The number of hydrogen-bond acceptors (Lipinski definition) is 4. The maximum absolute atomic E-state index is 12.2. The second kappa shape index (κ2) is 9.66. The van der Waals surface area contributed by atoms with Crippen LogP contribution in [-0.4, -0.2) is 22.4 Å². The Balaban J connectivity index is 0.00000242. The smallest absolute Gasteiger partial charge is 0.618 e. The van der Waals surface area contributed by atoms with Crippen molar-refractivity contribution in [2.75, 3.05) is 7.11 Å². The van der Waals surface area contributed by atoms with E-state index in [4.69, 9.17) is 21.7 Å². The van der Waals surface area contributed by atoms with Crippen molar-refractivity contribution in [1.82, 2.24) is 0 Å². The van der Waals surface area contributed by atoms with Gasteiger partial charge >= 0.3 is 51.4 Å². The number of thiol groups is 1. The quantitative estimate of drug-likeness (QED) is 0.165. The molecule has 4 nitrogen and oxygen atoms in total. The Morgan fingerprint density at radius 2 is 1.82 bits per heavy atom. The van der Waals surface area contributed by atoms with E-state index in [9.17, 15) is 5.21 Å². The largest absolute Gasteiger partial charge is 1.00 e. The number of para-hydroxylation sites is 1. The second-order valence-corrected chi connectivity index (χ2v) is 5.14. The zero-order valence-electron chi connectivity index (χ0n) is 12.2. The van der Waals surface area contributed by atoms with Crippen LogP contribution >= 0.6 is 24.8 Å². The number of ether oxygens (including phenoxy) is 2. The van der Waals surface area contributed by atoms with Crippen LogP contribution in [0.5, 0.6) is 11.5 Å². The maximum atomic E-state index is 12.2. The molecule has 0 saturated heterocycles. The topological polar surface area (TPSA) is 44.5 Å². The van der Waals surface area contributed by atoms with Crippen LogP contribution in [0.2, 0.25) is 0 Å². The van der Waals surface area contributed by atoms with Gasteiger partial charge in [-0.1, -0.05) is 24.8 Å². The molecule has 0 radical (unpaired) electrons. The summed E-state index contributed by atoms with van der Waals surface area (Å²) in [4.78, 5) is 0. The van der Waals surface area contributed by atoms with Crippen LogP contribution in [0.15, 0.2) is 48.5 Å². The molecule has 0 unspecified atom stereocenters. The summed E-state index contributed by atoms with van der Waals surface area (Å²) in [7, 11) is 1.57. The Morgan fingerprint density at radius 3 is 2.41 bits per heavy atom. The van der Waals surface area contributed by atoms with E-state index in [1.807, 2.05) is 6.07 Å². The summed E-state index contributed by atoms with van der Waals surface area (Å²) in [6.07, 6.45) is 1.42. The molecule has 108 valence electrons. The summed E-state index contributed by atoms with van der Waals surface area (Å²) in [5, 5.41) is 12.2. The summed E-state index contributed by atoms with van der Waals surface area (Å²) in [6.45, 7) is 0. The minimum Gasteiger partial charge on any atom is -0.618 e. The average molecular weight is 359 g/mol. The van der Waals surface area contributed by atoms with E-state index in [1.165, 1.54) is 6.21 Å². The molecule has 2 rings (SSSR count). The third-order valence-corrected chi connectivity index (χ3v) is 2.87. The van der Waals surface area contributed by atoms with Gasteiger partial charge in [0.25, 0.3) is 0 Å². The van der Waals surface area contributed by atoms with Gasteiger partial charge in [-0.05, 0) is 36.5 Å². The van der Waals surface area contributed by atoms with Crippen LogP contribution in [0, 0.1) is 5.21 Å². The first-order chi connectivity index (χ1) is 10.1. The fraction of sp³-hybridized carbons (Fsp3) is 0.0667. The second-order valence-electron chi connectivity index (χ2n) is 4.06. The van der Waals surface area contributed by atoms with Crippen molar-refractivity contribution < 1.29 is 65.6 Å². The van der Waals surface area contributed by atoms with Gasteiger partial charge in [0.1, 0.15) is 11.5 Å². The average Bonchev–Trinajstić information content (AvgIpc) is 2.49. The summed E-state index contributed by atoms with van der Waals surface area (Å²) < 4.78 is 11.2. The molecule has 22 heavy (non-hydrogen) atoms. The number of rotatable bonds is 4.